The number of anilines is 1. The number of fused-ring (bicyclic) bond motifs is 1. The van der Waals surface area contributed by atoms with Crippen molar-refractivity contribution in [2.75, 3.05) is 31.6 Å². The fourth-order valence-corrected chi connectivity index (χ4v) is 4.94. The van der Waals surface area contributed by atoms with E-state index in [1.807, 2.05) is 55.9 Å². The molecule has 0 unspecified atom stereocenters. The maximum absolute atomic E-state index is 12.9. The molecule has 0 atom stereocenters. The first-order valence-electron chi connectivity index (χ1n) is 12.2. The Hall–Kier alpha value is -4.18. The maximum atomic E-state index is 12.9. The Morgan fingerprint density at radius 3 is 2.62 bits per heavy atom. The van der Waals surface area contributed by atoms with E-state index in [1.165, 1.54) is 0 Å². The monoisotopic (exact) mass is 500 g/mol. The van der Waals surface area contributed by atoms with Crippen LogP contribution in [0.4, 0.5) is 10.6 Å². The van der Waals surface area contributed by atoms with Gasteiger partial charge in [-0.2, -0.15) is 0 Å². The highest BCUT2D eigenvalue weighted by molar-refractivity contribution is 5.96. The number of carbonyl (C=O) groups is 2. The van der Waals surface area contributed by atoms with Gasteiger partial charge in [-0.05, 0) is 54.8 Å². The molecule has 10 heteroatoms. The number of hydrogen-bond acceptors (Lipinski definition) is 6. The molecule has 2 saturated heterocycles. The van der Waals surface area contributed by atoms with Crippen molar-refractivity contribution in [3.63, 3.8) is 0 Å². The van der Waals surface area contributed by atoms with E-state index in [0.29, 0.717) is 41.9 Å². The SMILES string of the molecule is Cc1cc(C(=O)Cc2cc(Oc3ccc4nc(NC(=O)N5CC6(COC6)C5)cn4n3)ccc2C)n(C)c1. The number of imidazole rings is 1. The van der Waals surface area contributed by atoms with Gasteiger partial charge in [0.1, 0.15) is 5.75 Å². The second-order valence-corrected chi connectivity index (χ2v) is 10.2. The van der Waals surface area contributed by atoms with Crippen molar-refractivity contribution in [3.8, 4) is 11.6 Å². The third-order valence-electron chi connectivity index (χ3n) is 7.01. The minimum atomic E-state index is -0.176. The number of ketones is 1. The Bertz CT molecular complexity index is 1530. The van der Waals surface area contributed by atoms with Crippen molar-refractivity contribution in [1.29, 1.82) is 0 Å². The lowest BCUT2D eigenvalue weighted by Crippen LogP contribution is -2.67. The van der Waals surface area contributed by atoms with Crippen molar-refractivity contribution in [2.24, 2.45) is 12.5 Å². The molecule has 5 heterocycles. The number of hydrogen-bond donors (Lipinski definition) is 1. The molecular weight excluding hydrogens is 472 g/mol. The summed E-state index contributed by atoms with van der Waals surface area (Å²) in [7, 11) is 1.88. The molecular formula is C27H28N6O4. The second-order valence-electron chi connectivity index (χ2n) is 10.2. The Labute approximate surface area is 213 Å². The minimum Gasteiger partial charge on any atom is -0.438 e. The van der Waals surface area contributed by atoms with Gasteiger partial charge in [-0.3, -0.25) is 10.1 Å². The van der Waals surface area contributed by atoms with Crippen LogP contribution in [0.2, 0.25) is 0 Å². The standard InChI is InChI=1S/C27H28N6O4/c1-17-8-21(31(3)11-17)22(34)10-19-9-20(5-4-18(19)2)37-25-7-6-24-28-23(12-33(24)30-25)29-26(35)32-13-27(14-32)15-36-16-27/h4-9,11-12H,10,13-16H2,1-3H3,(H,29,35). The highest BCUT2D eigenvalue weighted by atomic mass is 16.5. The maximum Gasteiger partial charge on any atom is 0.323 e. The molecule has 1 aromatic carbocycles. The van der Waals surface area contributed by atoms with E-state index in [-0.39, 0.29) is 23.7 Å². The average Bonchev–Trinajstić information content (AvgIpc) is 3.35. The van der Waals surface area contributed by atoms with Crippen molar-refractivity contribution < 1.29 is 19.1 Å². The molecule has 10 nitrogen and oxygen atoms in total. The summed E-state index contributed by atoms with van der Waals surface area (Å²) < 4.78 is 14.7. The highest BCUT2D eigenvalue weighted by Gasteiger charge is 2.50. The Balaban J connectivity index is 1.13. The topological polar surface area (TPSA) is 103 Å². The number of aryl methyl sites for hydroxylation is 3. The van der Waals surface area contributed by atoms with E-state index in [0.717, 1.165) is 29.9 Å². The molecule has 0 saturated carbocycles. The lowest BCUT2D eigenvalue weighted by Gasteiger charge is -2.54. The summed E-state index contributed by atoms with van der Waals surface area (Å²) in [5.74, 6) is 1.44. The number of rotatable bonds is 6. The smallest absolute Gasteiger partial charge is 0.323 e. The summed E-state index contributed by atoms with van der Waals surface area (Å²) >= 11 is 0. The van der Waals surface area contributed by atoms with Gasteiger partial charge in [0.25, 0.3) is 0 Å². The summed E-state index contributed by atoms with van der Waals surface area (Å²) in [4.78, 5) is 31.6. The first-order valence-corrected chi connectivity index (χ1v) is 12.2. The predicted molar refractivity (Wildman–Crippen MR) is 136 cm³/mol. The lowest BCUT2D eigenvalue weighted by atomic mass is 9.78. The van der Waals surface area contributed by atoms with Crippen LogP contribution < -0.4 is 10.1 Å². The molecule has 1 N–H and O–H groups in total. The minimum absolute atomic E-state index is 0.0535. The third-order valence-corrected chi connectivity index (χ3v) is 7.01. The molecule has 37 heavy (non-hydrogen) atoms. The third kappa shape index (κ3) is 4.44. The summed E-state index contributed by atoms with van der Waals surface area (Å²) in [6, 6.07) is 10.9. The van der Waals surface area contributed by atoms with E-state index >= 15 is 0 Å². The van der Waals surface area contributed by atoms with Crippen LogP contribution in [0.1, 0.15) is 27.2 Å². The zero-order chi connectivity index (χ0) is 25.7. The molecule has 3 aromatic heterocycles. The normalized spacial score (nSPS) is 15.9. The number of ether oxygens (including phenoxy) is 2. The second kappa shape index (κ2) is 8.74. The van der Waals surface area contributed by atoms with Crippen LogP contribution in [0.3, 0.4) is 0 Å². The summed E-state index contributed by atoms with van der Waals surface area (Å²) in [5, 5.41) is 7.32. The number of carbonyl (C=O) groups excluding carboxylic acids is 2. The van der Waals surface area contributed by atoms with E-state index in [9.17, 15) is 9.59 Å². The summed E-state index contributed by atoms with van der Waals surface area (Å²) in [6.07, 6.45) is 3.88. The van der Waals surface area contributed by atoms with Gasteiger partial charge in [-0.1, -0.05) is 6.07 Å². The van der Waals surface area contributed by atoms with E-state index < -0.39 is 0 Å². The quantitative estimate of drug-likeness (QED) is 0.405. The average molecular weight is 501 g/mol. The molecule has 2 amide bonds. The number of benzene rings is 1. The number of nitrogens with zero attached hydrogens (tertiary/aromatic N) is 5. The fourth-order valence-electron chi connectivity index (χ4n) is 4.94. The molecule has 0 aliphatic carbocycles. The molecule has 190 valence electrons. The number of aromatic nitrogens is 4. The molecule has 1 spiro atoms. The van der Waals surface area contributed by atoms with Crippen LogP contribution in [0, 0.1) is 19.3 Å². The van der Waals surface area contributed by atoms with Gasteiger partial charge in [0.2, 0.25) is 5.88 Å². The molecule has 4 aromatic rings. The zero-order valence-electron chi connectivity index (χ0n) is 21.0. The number of nitrogens with one attached hydrogen (secondary N) is 1. The summed E-state index contributed by atoms with van der Waals surface area (Å²) in [6.45, 7) is 6.82. The number of amides is 2. The summed E-state index contributed by atoms with van der Waals surface area (Å²) in [5.41, 5.74) is 4.40. The molecule has 2 aliphatic rings. The predicted octanol–water partition coefficient (Wildman–Crippen LogP) is 3.77. The van der Waals surface area contributed by atoms with E-state index in [4.69, 9.17) is 9.47 Å². The van der Waals surface area contributed by atoms with Crippen LogP contribution in [-0.2, 0) is 18.2 Å². The van der Waals surface area contributed by atoms with Gasteiger partial charge in [-0.15, -0.1) is 5.10 Å². The first-order chi connectivity index (χ1) is 17.8. The van der Waals surface area contributed by atoms with Crippen LogP contribution in [0.15, 0.2) is 48.8 Å². The van der Waals surface area contributed by atoms with Gasteiger partial charge in [0.05, 0.1) is 30.5 Å². The van der Waals surface area contributed by atoms with Crippen LogP contribution in [0.25, 0.3) is 5.65 Å². The molecule has 6 rings (SSSR count). The van der Waals surface area contributed by atoms with Gasteiger partial charge < -0.3 is 18.9 Å². The van der Waals surface area contributed by atoms with E-state index in [1.54, 1.807) is 27.7 Å². The molecule has 2 aliphatic heterocycles. The Kier molecular flexibility index (Phi) is 5.49. The van der Waals surface area contributed by atoms with Gasteiger partial charge in [0, 0.05) is 38.8 Å². The van der Waals surface area contributed by atoms with Crippen molar-refractivity contribution in [3.05, 3.63) is 71.2 Å². The zero-order valence-corrected chi connectivity index (χ0v) is 21.0. The molecule has 0 bridgehead atoms. The van der Waals surface area contributed by atoms with Crippen LogP contribution >= 0.6 is 0 Å². The van der Waals surface area contributed by atoms with Gasteiger partial charge in [0.15, 0.2) is 17.2 Å². The Morgan fingerprint density at radius 1 is 1.11 bits per heavy atom. The van der Waals surface area contributed by atoms with Crippen molar-refractivity contribution in [1.82, 2.24) is 24.1 Å². The Morgan fingerprint density at radius 2 is 1.92 bits per heavy atom. The lowest BCUT2D eigenvalue weighted by molar-refractivity contribution is -0.174. The van der Waals surface area contributed by atoms with Crippen LogP contribution in [0.5, 0.6) is 11.6 Å². The van der Waals surface area contributed by atoms with E-state index in [2.05, 4.69) is 15.4 Å². The van der Waals surface area contributed by atoms with Gasteiger partial charge in [-0.25, -0.2) is 14.3 Å². The number of likely N-dealkylation sites (tertiary alicyclic amines) is 1. The number of Topliss-reactive ketones (excluding diaryl/α,β-unsaturated/α-hetero) is 1. The van der Waals surface area contributed by atoms with Crippen molar-refractivity contribution >= 4 is 23.3 Å². The van der Waals surface area contributed by atoms with Crippen molar-refractivity contribution in [2.45, 2.75) is 20.3 Å². The first kappa shape index (κ1) is 23.2. The van der Waals surface area contributed by atoms with Crippen LogP contribution in [-0.4, -0.2) is 62.2 Å². The molecule has 2 fully saturated rings. The van der Waals surface area contributed by atoms with Gasteiger partial charge >= 0.3 is 6.03 Å². The fraction of sp³-hybridized carbons (Fsp3) is 0.333. The number of urea groups is 1. The molecule has 0 radical (unpaired) electrons. The largest absolute Gasteiger partial charge is 0.438 e. The highest BCUT2D eigenvalue weighted by Crippen LogP contribution is 2.37.